The first kappa shape index (κ1) is 13.9. The third-order valence-corrected chi connectivity index (χ3v) is 4.52. The van der Waals surface area contributed by atoms with Crippen LogP contribution in [0.5, 0.6) is 0 Å². The number of nitrogens with zero attached hydrogens (tertiary/aromatic N) is 3. The van der Waals surface area contributed by atoms with Gasteiger partial charge in [-0.15, -0.1) is 0 Å². The Hall–Kier alpha value is -2.73. The summed E-state index contributed by atoms with van der Waals surface area (Å²) in [5, 5.41) is 16.3. The van der Waals surface area contributed by atoms with Gasteiger partial charge in [0.25, 0.3) is 5.69 Å². The number of fused-ring (bicyclic) bond motifs is 2. The minimum Gasteiger partial charge on any atom is -0.312 e. The van der Waals surface area contributed by atoms with E-state index in [1.807, 2.05) is 4.68 Å². The van der Waals surface area contributed by atoms with Crippen LogP contribution in [-0.4, -0.2) is 21.2 Å². The van der Waals surface area contributed by atoms with Crippen LogP contribution in [0.15, 0.2) is 48.7 Å². The molecule has 0 aliphatic carbocycles. The summed E-state index contributed by atoms with van der Waals surface area (Å²) in [4.78, 5) is 12.0. The van der Waals surface area contributed by atoms with Crippen LogP contribution >= 0.6 is 0 Å². The van der Waals surface area contributed by atoms with E-state index < -0.39 is 0 Å². The molecule has 1 aliphatic heterocycles. The minimum atomic E-state index is -0.360. The average Bonchev–Trinajstić information content (AvgIpc) is 2.97. The summed E-state index contributed by atoms with van der Waals surface area (Å²) in [6.07, 6.45) is 2.83. The third-order valence-electron chi connectivity index (χ3n) is 4.52. The van der Waals surface area contributed by atoms with Gasteiger partial charge in [-0.2, -0.15) is 5.10 Å². The van der Waals surface area contributed by atoms with Gasteiger partial charge in [0.2, 0.25) is 0 Å². The van der Waals surface area contributed by atoms with E-state index in [0.29, 0.717) is 0 Å². The molecular weight excluding hydrogens is 292 g/mol. The van der Waals surface area contributed by atoms with Crippen molar-refractivity contribution < 1.29 is 9.82 Å². The molecule has 3 aromatic rings. The summed E-state index contributed by atoms with van der Waals surface area (Å²) in [5.74, 6) is 0. The van der Waals surface area contributed by atoms with Gasteiger partial charge in [-0.05, 0) is 11.6 Å². The Morgan fingerprint density at radius 3 is 2.87 bits per heavy atom. The number of nitro groups is 1. The number of hydrogen-bond acceptors (Lipinski definition) is 3. The van der Waals surface area contributed by atoms with Crippen molar-refractivity contribution in [1.82, 2.24) is 9.78 Å². The molecule has 6 heteroatoms. The first-order chi connectivity index (χ1) is 11.2. The van der Waals surface area contributed by atoms with Crippen molar-refractivity contribution in [3.05, 3.63) is 69.9 Å². The van der Waals surface area contributed by atoms with Crippen molar-refractivity contribution in [2.75, 3.05) is 6.54 Å². The van der Waals surface area contributed by atoms with Gasteiger partial charge in [0.05, 0.1) is 23.2 Å². The van der Waals surface area contributed by atoms with Crippen LogP contribution in [-0.2, 0) is 19.6 Å². The Kier molecular flexibility index (Phi) is 3.31. The fourth-order valence-electron chi connectivity index (χ4n) is 3.29. The van der Waals surface area contributed by atoms with E-state index in [-0.39, 0.29) is 10.6 Å². The summed E-state index contributed by atoms with van der Waals surface area (Å²) in [6.45, 7) is 2.73. The Bertz CT molecular complexity index is 887. The predicted octanol–water partition coefficient (Wildman–Crippen LogP) is 1.54. The molecule has 23 heavy (non-hydrogen) atoms. The molecule has 2 aromatic carbocycles. The van der Waals surface area contributed by atoms with E-state index in [9.17, 15) is 10.1 Å². The zero-order valence-corrected chi connectivity index (χ0v) is 12.6. The number of nitrogens with one attached hydrogen (secondary N) is 1. The van der Waals surface area contributed by atoms with Crippen molar-refractivity contribution in [1.29, 1.82) is 0 Å². The van der Waals surface area contributed by atoms with E-state index in [0.717, 1.165) is 37.1 Å². The molecule has 1 unspecified atom stereocenters. The zero-order valence-electron chi connectivity index (χ0n) is 12.6. The number of hydrogen-bond donors (Lipinski definition) is 1. The van der Waals surface area contributed by atoms with Gasteiger partial charge in [0, 0.05) is 29.5 Å². The van der Waals surface area contributed by atoms with Gasteiger partial charge >= 0.3 is 0 Å². The van der Waals surface area contributed by atoms with Crippen molar-refractivity contribution in [2.45, 2.75) is 19.6 Å². The molecule has 2 heterocycles. The van der Waals surface area contributed by atoms with E-state index in [4.69, 9.17) is 0 Å². The highest BCUT2D eigenvalue weighted by molar-refractivity contribution is 5.80. The largest absolute Gasteiger partial charge is 0.312 e. The summed E-state index contributed by atoms with van der Waals surface area (Å²) in [6, 6.07) is 13.4. The minimum absolute atomic E-state index is 0.109. The highest BCUT2D eigenvalue weighted by Gasteiger charge is 2.20. The molecule has 116 valence electrons. The summed E-state index contributed by atoms with van der Waals surface area (Å²) < 4.78 is 1.88. The molecule has 0 spiro atoms. The molecule has 4 rings (SSSR count). The maximum Gasteiger partial charge on any atom is 0.271 e. The second-order valence-corrected chi connectivity index (χ2v) is 6.00. The van der Waals surface area contributed by atoms with E-state index in [1.54, 1.807) is 18.3 Å². The molecule has 1 N–H and O–H groups in total. The van der Waals surface area contributed by atoms with Gasteiger partial charge in [0.1, 0.15) is 6.54 Å². The topological polar surface area (TPSA) is 65.4 Å². The van der Waals surface area contributed by atoms with Crippen LogP contribution in [0.2, 0.25) is 0 Å². The molecule has 0 fully saturated rings. The average molecular weight is 309 g/mol. The second-order valence-electron chi connectivity index (χ2n) is 6.00. The molecule has 6 nitrogen and oxygen atoms in total. The number of nitro benzene ring substituents is 1. The maximum absolute atomic E-state index is 11.0. The lowest BCUT2D eigenvalue weighted by atomic mass is 10.0. The van der Waals surface area contributed by atoms with Crippen LogP contribution in [0.1, 0.15) is 11.1 Å². The van der Waals surface area contributed by atoms with Crippen LogP contribution in [0.4, 0.5) is 5.69 Å². The van der Waals surface area contributed by atoms with Crippen LogP contribution in [0, 0.1) is 10.1 Å². The number of aromatic nitrogens is 2. The summed E-state index contributed by atoms with van der Waals surface area (Å²) in [7, 11) is 0. The first-order valence-electron chi connectivity index (χ1n) is 7.71. The van der Waals surface area contributed by atoms with Crippen molar-refractivity contribution in [2.24, 2.45) is 0 Å². The lowest BCUT2D eigenvalue weighted by molar-refractivity contribution is -0.938. The quantitative estimate of drug-likeness (QED) is 0.589. The Labute approximate surface area is 133 Å². The maximum atomic E-state index is 11.0. The summed E-state index contributed by atoms with van der Waals surface area (Å²) in [5.41, 5.74) is 3.75. The number of non-ortho nitro benzene ring substituents is 1. The molecule has 1 aliphatic rings. The van der Waals surface area contributed by atoms with Gasteiger partial charge in [-0.25, -0.2) is 4.68 Å². The lowest BCUT2D eigenvalue weighted by Crippen LogP contribution is -3.11. The molecule has 0 saturated carbocycles. The fourth-order valence-corrected chi connectivity index (χ4v) is 3.29. The Balaban J connectivity index is 1.61. The highest BCUT2D eigenvalue weighted by Crippen LogP contribution is 2.20. The summed E-state index contributed by atoms with van der Waals surface area (Å²) >= 11 is 0. The lowest BCUT2D eigenvalue weighted by Gasteiger charge is -2.25. The molecular formula is C17H17N4O2+. The number of quaternary nitrogens is 1. The van der Waals surface area contributed by atoms with E-state index in [1.165, 1.54) is 22.1 Å². The van der Waals surface area contributed by atoms with Crippen molar-refractivity contribution in [3.63, 3.8) is 0 Å². The molecule has 0 saturated heterocycles. The molecule has 0 bridgehead atoms. The van der Waals surface area contributed by atoms with E-state index >= 15 is 0 Å². The highest BCUT2D eigenvalue weighted by atomic mass is 16.6. The second kappa shape index (κ2) is 5.48. The van der Waals surface area contributed by atoms with Crippen LogP contribution in [0.3, 0.4) is 0 Å². The van der Waals surface area contributed by atoms with Crippen molar-refractivity contribution >= 4 is 16.6 Å². The van der Waals surface area contributed by atoms with Crippen LogP contribution in [0.25, 0.3) is 10.9 Å². The number of rotatable bonds is 3. The monoisotopic (exact) mass is 309 g/mol. The van der Waals surface area contributed by atoms with Crippen LogP contribution < -0.4 is 4.90 Å². The predicted molar refractivity (Wildman–Crippen MR) is 86.1 cm³/mol. The molecule has 0 radical (unpaired) electrons. The SMILES string of the molecule is O=[N+]([O-])c1ccc2cnn(C[NH+]3CCc4ccccc4C3)c2c1. The standard InChI is InChI=1S/C17H16N4O2/c22-21(23)16-6-5-14-10-18-20(17(14)9-16)12-19-8-7-13-3-1-2-4-15(13)11-19/h1-6,9-10H,7-8,11-12H2/p+1. The molecule has 0 amide bonds. The van der Waals surface area contributed by atoms with Crippen molar-refractivity contribution in [3.8, 4) is 0 Å². The number of benzene rings is 2. The van der Waals surface area contributed by atoms with Gasteiger partial charge in [-0.1, -0.05) is 24.3 Å². The van der Waals surface area contributed by atoms with Gasteiger partial charge in [0.15, 0.2) is 6.67 Å². The van der Waals surface area contributed by atoms with Gasteiger partial charge < -0.3 is 4.90 Å². The first-order valence-corrected chi connectivity index (χ1v) is 7.71. The third kappa shape index (κ3) is 2.57. The Morgan fingerprint density at radius 1 is 1.22 bits per heavy atom. The fraction of sp³-hybridized carbons (Fsp3) is 0.235. The Morgan fingerprint density at radius 2 is 2.04 bits per heavy atom. The zero-order chi connectivity index (χ0) is 15.8. The molecule has 1 atom stereocenters. The smallest absolute Gasteiger partial charge is 0.271 e. The van der Waals surface area contributed by atoms with Gasteiger partial charge in [-0.3, -0.25) is 10.1 Å². The van der Waals surface area contributed by atoms with E-state index in [2.05, 4.69) is 29.4 Å². The normalized spacial score (nSPS) is 17.1. The molecule has 1 aromatic heterocycles.